The number of carbonyl (C=O) groups is 1. The fourth-order valence-corrected chi connectivity index (χ4v) is 4.54. The van der Waals surface area contributed by atoms with E-state index < -0.39 is 10.0 Å². The zero-order valence-electron chi connectivity index (χ0n) is 18.6. The number of nitrogens with one attached hydrogen (secondary N) is 1. The van der Waals surface area contributed by atoms with Gasteiger partial charge in [0.25, 0.3) is 15.9 Å². The highest BCUT2D eigenvalue weighted by Crippen LogP contribution is 2.32. The molecular formula is C23H25N3O6S. The van der Waals surface area contributed by atoms with Crippen molar-refractivity contribution in [3.63, 3.8) is 0 Å². The number of rotatable bonds is 6. The molecular weight excluding hydrogens is 446 g/mol. The quantitative estimate of drug-likeness (QED) is 0.585. The first kappa shape index (κ1) is 22.7. The van der Waals surface area contributed by atoms with Gasteiger partial charge in [-0.2, -0.15) is 0 Å². The van der Waals surface area contributed by atoms with Gasteiger partial charge in [0.05, 0.1) is 30.3 Å². The van der Waals surface area contributed by atoms with E-state index in [0.29, 0.717) is 48.3 Å². The Labute approximate surface area is 192 Å². The molecule has 2 aromatic carbocycles. The van der Waals surface area contributed by atoms with Crippen LogP contribution in [0.25, 0.3) is 0 Å². The number of amides is 1. The molecule has 0 aliphatic carbocycles. The summed E-state index contributed by atoms with van der Waals surface area (Å²) in [5.74, 6) is 1.40. The number of carbonyl (C=O) groups excluding carboxylic acids is 1. The molecule has 3 aromatic rings. The van der Waals surface area contributed by atoms with E-state index >= 15 is 0 Å². The van der Waals surface area contributed by atoms with E-state index in [1.54, 1.807) is 49.2 Å². The van der Waals surface area contributed by atoms with Crippen molar-refractivity contribution in [2.24, 2.45) is 0 Å². The number of hydrogen-bond acceptors (Lipinski definition) is 7. The van der Waals surface area contributed by atoms with Gasteiger partial charge in [0.15, 0.2) is 11.5 Å². The number of nitrogens with zero attached hydrogens (tertiary/aromatic N) is 2. The first-order valence-electron chi connectivity index (χ1n) is 10.4. The third kappa shape index (κ3) is 4.95. The fraction of sp³-hybridized carbons (Fsp3) is 0.304. The van der Waals surface area contributed by atoms with Crippen LogP contribution in [0.5, 0.6) is 11.5 Å². The van der Waals surface area contributed by atoms with Gasteiger partial charge in [-0.1, -0.05) is 5.16 Å². The maximum Gasteiger partial charge on any atom is 0.262 e. The van der Waals surface area contributed by atoms with Crippen LogP contribution in [-0.2, 0) is 16.6 Å². The molecule has 0 unspecified atom stereocenters. The molecule has 1 aliphatic heterocycles. The lowest BCUT2D eigenvalue weighted by molar-refractivity contribution is 0.0784. The van der Waals surface area contributed by atoms with Crippen LogP contribution in [-0.4, -0.2) is 44.6 Å². The van der Waals surface area contributed by atoms with Gasteiger partial charge in [-0.3, -0.25) is 9.52 Å². The van der Waals surface area contributed by atoms with Crippen LogP contribution in [0.3, 0.4) is 0 Å². The van der Waals surface area contributed by atoms with Gasteiger partial charge in [-0.25, -0.2) is 8.42 Å². The minimum atomic E-state index is -3.85. The Hall–Kier alpha value is -3.53. The monoisotopic (exact) mass is 471 g/mol. The van der Waals surface area contributed by atoms with Crippen molar-refractivity contribution >= 4 is 21.6 Å². The average molecular weight is 472 g/mol. The van der Waals surface area contributed by atoms with Gasteiger partial charge in [-0.05, 0) is 50.2 Å². The summed E-state index contributed by atoms with van der Waals surface area (Å²) in [5.41, 5.74) is 2.38. The van der Waals surface area contributed by atoms with Crippen LogP contribution in [0.1, 0.15) is 33.8 Å². The second-order valence-electron chi connectivity index (χ2n) is 7.81. The topological polar surface area (TPSA) is 111 Å². The number of fused-ring (bicyclic) bond motifs is 1. The first-order valence-corrected chi connectivity index (χ1v) is 11.9. The molecule has 1 aromatic heterocycles. The minimum absolute atomic E-state index is 0.0612. The number of benzene rings is 2. The van der Waals surface area contributed by atoms with Crippen molar-refractivity contribution in [3.05, 3.63) is 65.0 Å². The van der Waals surface area contributed by atoms with Crippen LogP contribution in [0, 0.1) is 13.8 Å². The smallest absolute Gasteiger partial charge is 0.262 e. The molecule has 0 radical (unpaired) electrons. The molecule has 1 amide bonds. The molecule has 174 valence electrons. The van der Waals surface area contributed by atoms with Crippen LogP contribution in [0.4, 0.5) is 5.69 Å². The molecule has 10 heteroatoms. The van der Waals surface area contributed by atoms with Crippen molar-refractivity contribution in [3.8, 4) is 11.5 Å². The molecule has 0 fully saturated rings. The number of sulfonamides is 1. The van der Waals surface area contributed by atoms with Gasteiger partial charge < -0.3 is 18.9 Å². The highest BCUT2D eigenvalue weighted by molar-refractivity contribution is 7.92. The summed E-state index contributed by atoms with van der Waals surface area (Å²) in [6.07, 6.45) is 0.730. The molecule has 0 spiro atoms. The van der Waals surface area contributed by atoms with Crippen molar-refractivity contribution in [2.75, 3.05) is 25.0 Å². The normalized spacial score (nSPS) is 13.3. The Balaban J connectivity index is 1.46. The average Bonchev–Trinajstić information content (AvgIpc) is 2.98. The highest BCUT2D eigenvalue weighted by atomic mass is 32.2. The Morgan fingerprint density at radius 3 is 2.42 bits per heavy atom. The molecule has 0 saturated carbocycles. The van der Waals surface area contributed by atoms with E-state index in [9.17, 15) is 13.2 Å². The maximum absolute atomic E-state index is 12.8. The van der Waals surface area contributed by atoms with Crippen molar-refractivity contribution < 1.29 is 27.2 Å². The Bertz CT molecular complexity index is 1250. The number of anilines is 1. The van der Waals surface area contributed by atoms with E-state index in [1.165, 1.54) is 12.1 Å². The number of aromatic nitrogens is 1. The van der Waals surface area contributed by atoms with E-state index in [1.807, 2.05) is 6.92 Å². The summed E-state index contributed by atoms with van der Waals surface area (Å²) in [5, 5.41) is 3.91. The first-order chi connectivity index (χ1) is 15.7. The van der Waals surface area contributed by atoms with Crippen LogP contribution in [0.15, 0.2) is 51.9 Å². The zero-order valence-corrected chi connectivity index (χ0v) is 19.4. The second-order valence-corrected chi connectivity index (χ2v) is 9.49. The molecule has 0 saturated heterocycles. The van der Waals surface area contributed by atoms with Crippen LogP contribution >= 0.6 is 0 Å². The van der Waals surface area contributed by atoms with Crippen molar-refractivity contribution in [2.45, 2.75) is 31.7 Å². The largest absolute Gasteiger partial charge is 0.490 e. The SMILES string of the molecule is Cc1noc(C)c1CN(C)C(=O)c1ccc(NS(=O)(=O)c2ccc3c(c2)OCCCO3)cc1. The predicted octanol–water partition coefficient (Wildman–Crippen LogP) is 3.53. The molecule has 9 nitrogen and oxygen atoms in total. The lowest BCUT2D eigenvalue weighted by atomic mass is 10.1. The van der Waals surface area contributed by atoms with Gasteiger partial charge in [0, 0.05) is 36.3 Å². The summed E-state index contributed by atoms with van der Waals surface area (Å²) in [6, 6.07) is 10.8. The summed E-state index contributed by atoms with van der Waals surface area (Å²) in [6.45, 7) is 4.98. The Morgan fingerprint density at radius 1 is 1.06 bits per heavy atom. The molecule has 0 atom stereocenters. The Morgan fingerprint density at radius 2 is 1.76 bits per heavy atom. The van der Waals surface area contributed by atoms with Crippen molar-refractivity contribution in [1.29, 1.82) is 0 Å². The number of hydrogen-bond donors (Lipinski definition) is 1. The van der Waals surface area contributed by atoms with E-state index in [-0.39, 0.29) is 10.8 Å². The third-order valence-corrected chi connectivity index (χ3v) is 6.72. The van der Waals surface area contributed by atoms with Gasteiger partial charge in [-0.15, -0.1) is 0 Å². The maximum atomic E-state index is 12.8. The van der Waals surface area contributed by atoms with Crippen LogP contribution < -0.4 is 14.2 Å². The summed E-state index contributed by atoms with van der Waals surface area (Å²) < 4.78 is 44.5. The molecule has 1 N–H and O–H groups in total. The molecule has 33 heavy (non-hydrogen) atoms. The second kappa shape index (κ2) is 9.14. The number of aryl methyl sites for hydroxylation is 2. The lowest BCUT2D eigenvalue weighted by Gasteiger charge is -2.17. The summed E-state index contributed by atoms with van der Waals surface area (Å²) in [4.78, 5) is 14.4. The fourth-order valence-electron chi connectivity index (χ4n) is 3.46. The standard InChI is InChI=1S/C23H25N3O6S/c1-15-20(16(2)32-24-15)14-26(3)23(27)17-5-7-18(8-6-17)25-33(28,29)19-9-10-21-22(13-19)31-12-4-11-30-21/h5-10,13,25H,4,11-12,14H2,1-3H3. The van der Waals surface area contributed by atoms with E-state index in [0.717, 1.165) is 17.7 Å². The van der Waals surface area contributed by atoms with E-state index in [4.69, 9.17) is 14.0 Å². The number of ether oxygens (including phenoxy) is 2. The molecule has 1 aliphatic rings. The third-order valence-electron chi connectivity index (χ3n) is 5.34. The van der Waals surface area contributed by atoms with Gasteiger partial charge in [0.2, 0.25) is 0 Å². The van der Waals surface area contributed by atoms with Crippen LogP contribution in [0.2, 0.25) is 0 Å². The predicted molar refractivity (Wildman–Crippen MR) is 121 cm³/mol. The van der Waals surface area contributed by atoms with Gasteiger partial charge >= 0.3 is 0 Å². The Kier molecular flexibility index (Phi) is 6.28. The van der Waals surface area contributed by atoms with E-state index in [2.05, 4.69) is 9.88 Å². The zero-order chi connectivity index (χ0) is 23.6. The highest BCUT2D eigenvalue weighted by Gasteiger charge is 2.20. The van der Waals surface area contributed by atoms with Crippen molar-refractivity contribution in [1.82, 2.24) is 10.1 Å². The molecule has 4 rings (SSSR count). The summed E-state index contributed by atoms with van der Waals surface area (Å²) >= 11 is 0. The molecule has 0 bridgehead atoms. The minimum Gasteiger partial charge on any atom is -0.490 e. The summed E-state index contributed by atoms with van der Waals surface area (Å²) in [7, 11) is -2.16. The molecule has 2 heterocycles. The lowest BCUT2D eigenvalue weighted by Crippen LogP contribution is -2.26. The van der Waals surface area contributed by atoms with Gasteiger partial charge in [0.1, 0.15) is 5.76 Å².